The number of allylic oxidation sites excluding steroid dienone is 2. The molecule has 0 aliphatic heterocycles. The highest BCUT2D eigenvalue weighted by Gasteiger charge is 2.57. The Balaban J connectivity index is 1.48. The molecule has 0 amide bonds. The van der Waals surface area contributed by atoms with Crippen LogP contribution in [0.2, 0.25) is 0 Å². The Kier molecular flexibility index (Phi) is 6.92. The molecule has 9 atom stereocenters. The fourth-order valence-electron chi connectivity index (χ4n) is 8.86. The van der Waals surface area contributed by atoms with Gasteiger partial charge in [-0.15, -0.1) is 0 Å². The quantitative estimate of drug-likeness (QED) is 0.306. The lowest BCUT2D eigenvalue weighted by Gasteiger charge is -2.57. The van der Waals surface area contributed by atoms with Gasteiger partial charge in [-0.3, -0.25) is 4.79 Å². The van der Waals surface area contributed by atoms with E-state index in [1.54, 1.807) is 6.92 Å². The molecular formula is C30H50O2. The van der Waals surface area contributed by atoms with Crippen LogP contribution < -0.4 is 0 Å². The van der Waals surface area contributed by atoms with E-state index in [2.05, 4.69) is 47.6 Å². The summed E-state index contributed by atoms with van der Waals surface area (Å²) in [7, 11) is 0. The van der Waals surface area contributed by atoms with Gasteiger partial charge in [0.05, 0.1) is 0 Å². The van der Waals surface area contributed by atoms with Gasteiger partial charge in [-0.2, -0.15) is 0 Å². The van der Waals surface area contributed by atoms with E-state index in [0.29, 0.717) is 16.7 Å². The van der Waals surface area contributed by atoms with Crippen molar-refractivity contribution in [3.8, 4) is 0 Å². The molecule has 0 aromatic heterocycles. The van der Waals surface area contributed by atoms with E-state index >= 15 is 0 Å². The van der Waals surface area contributed by atoms with Gasteiger partial charge in [-0.1, -0.05) is 66.0 Å². The topological polar surface area (TPSA) is 26.3 Å². The molecule has 0 aromatic carbocycles. The molecule has 4 aliphatic rings. The van der Waals surface area contributed by atoms with Gasteiger partial charge < -0.3 is 4.74 Å². The van der Waals surface area contributed by atoms with Crippen molar-refractivity contribution in [1.29, 1.82) is 0 Å². The predicted octanol–water partition coefficient (Wildman–Crippen LogP) is 8.21. The molecule has 4 rings (SSSR count). The van der Waals surface area contributed by atoms with Crippen LogP contribution in [0.1, 0.15) is 113 Å². The van der Waals surface area contributed by atoms with Gasteiger partial charge in [0.25, 0.3) is 0 Å². The summed E-state index contributed by atoms with van der Waals surface area (Å²) in [6.07, 6.45) is 15.9. The van der Waals surface area contributed by atoms with E-state index in [9.17, 15) is 4.79 Å². The smallest absolute Gasteiger partial charge is 0.302 e. The second-order valence-corrected chi connectivity index (χ2v) is 13.2. The first-order chi connectivity index (χ1) is 15.1. The molecule has 4 aliphatic carbocycles. The van der Waals surface area contributed by atoms with Crippen molar-refractivity contribution in [2.45, 2.75) is 119 Å². The highest BCUT2D eigenvalue weighted by Crippen LogP contribution is 2.66. The Morgan fingerprint density at radius 2 is 1.81 bits per heavy atom. The van der Waals surface area contributed by atoms with Crippen LogP contribution in [0, 0.1) is 52.3 Å². The van der Waals surface area contributed by atoms with E-state index in [1.807, 2.05) is 5.57 Å². The molecule has 0 N–H and O–H groups in total. The number of hydrogen-bond donors (Lipinski definition) is 0. The third-order valence-electron chi connectivity index (χ3n) is 11.3. The molecule has 0 spiro atoms. The van der Waals surface area contributed by atoms with Crippen molar-refractivity contribution >= 4 is 5.97 Å². The lowest BCUT2D eigenvalue weighted by atomic mass is 9.48. The van der Waals surface area contributed by atoms with Crippen LogP contribution in [0.4, 0.5) is 0 Å². The summed E-state index contributed by atoms with van der Waals surface area (Å²) in [5.74, 6) is 5.70. The van der Waals surface area contributed by atoms with Gasteiger partial charge in [-0.05, 0) is 104 Å². The summed E-state index contributed by atoms with van der Waals surface area (Å²) in [4.78, 5) is 11.5. The second kappa shape index (κ2) is 9.10. The minimum Gasteiger partial charge on any atom is -0.463 e. The second-order valence-electron chi connectivity index (χ2n) is 13.2. The molecule has 3 saturated carbocycles. The molecule has 3 fully saturated rings. The molecule has 0 heterocycles. The van der Waals surface area contributed by atoms with Crippen LogP contribution in [0.25, 0.3) is 0 Å². The van der Waals surface area contributed by atoms with Gasteiger partial charge in [0, 0.05) is 6.92 Å². The number of fused-ring (bicyclic) bond motifs is 5. The van der Waals surface area contributed by atoms with Gasteiger partial charge in [0.2, 0.25) is 0 Å². The third kappa shape index (κ3) is 4.22. The van der Waals surface area contributed by atoms with E-state index in [0.717, 1.165) is 48.3 Å². The molecule has 0 aromatic rings. The Labute approximate surface area is 198 Å². The van der Waals surface area contributed by atoms with Gasteiger partial charge in [-0.25, -0.2) is 0 Å². The normalized spacial score (nSPS) is 43.0. The molecule has 2 heteroatoms. The average Bonchev–Trinajstić information content (AvgIpc) is 3.08. The lowest BCUT2D eigenvalue weighted by Crippen LogP contribution is -2.49. The highest BCUT2D eigenvalue weighted by atomic mass is 16.5. The van der Waals surface area contributed by atoms with Crippen molar-refractivity contribution in [1.82, 2.24) is 0 Å². The van der Waals surface area contributed by atoms with Gasteiger partial charge in [0.1, 0.15) is 6.10 Å². The van der Waals surface area contributed by atoms with Crippen molar-refractivity contribution in [3.63, 3.8) is 0 Å². The first kappa shape index (κ1) is 24.3. The van der Waals surface area contributed by atoms with Crippen LogP contribution in [-0.2, 0) is 9.53 Å². The molecule has 0 radical (unpaired) electrons. The molecule has 2 nitrogen and oxygen atoms in total. The van der Waals surface area contributed by atoms with Gasteiger partial charge >= 0.3 is 5.97 Å². The largest absolute Gasteiger partial charge is 0.463 e. The lowest BCUT2D eigenvalue weighted by molar-refractivity contribution is -0.151. The van der Waals surface area contributed by atoms with Crippen LogP contribution in [0.15, 0.2) is 11.6 Å². The van der Waals surface area contributed by atoms with E-state index < -0.39 is 0 Å². The maximum absolute atomic E-state index is 11.5. The maximum atomic E-state index is 11.5. The number of rotatable bonds is 6. The Bertz CT molecular complexity index is 722. The van der Waals surface area contributed by atoms with Crippen molar-refractivity contribution < 1.29 is 9.53 Å². The molecule has 32 heavy (non-hydrogen) atoms. The SMILES string of the molecule is CC(=O)O[C@@H]1CC[C@]2(C)C3=CC[C@@]4(C)[C@H](CC[C@H]4[C@H](C)CC[C@H](C)C(C)C)[C@H]3CC[C@H]2C1. The summed E-state index contributed by atoms with van der Waals surface area (Å²) in [5.41, 5.74) is 2.67. The summed E-state index contributed by atoms with van der Waals surface area (Å²) in [6, 6.07) is 0. The van der Waals surface area contributed by atoms with Crippen molar-refractivity contribution in [2.75, 3.05) is 0 Å². The minimum absolute atomic E-state index is 0.103. The zero-order valence-electron chi connectivity index (χ0n) is 22.1. The van der Waals surface area contributed by atoms with Gasteiger partial charge in [0.15, 0.2) is 0 Å². The first-order valence-electron chi connectivity index (χ1n) is 13.9. The summed E-state index contributed by atoms with van der Waals surface area (Å²) >= 11 is 0. The van der Waals surface area contributed by atoms with Crippen LogP contribution in [-0.4, -0.2) is 12.1 Å². The number of carbonyl (C=O) groups is 1. The zero-order chi connectivity index (χ0) is 23.3. The van der Waals surface area contributed by atoms with Crippen LogP contribution >= 0.6 is 0 Å². The maximum Gasteiger partial charge on any atom is 0.302 e. The Hall–Kier alpha value is -0.790. The molecule has 182 valence electrons. The Morgan fingerprint density at radius 1 is 1.06 bits per heavy atom. The summed E-state index contributed by atoms with van der Waals surface area (Å²) < 4.78 is 5.64. The highest BCUT2D eigenvalue weighted by molar-refractivity contribution is 5.66. The number of hydrogen-bond acceptors (Lipinski definition) is 2. The average molecular weight is 443 g/mol. The summed E-state index contributed by atoms with van der Waals surface area (Å²) in [6.45, 7) is 16.6. The monoisotopic (exact) mass is 442 g/mol. The summed E-state index contributed by atoms with van der Waals surface area (Å²) in [5, 5.41) is 0. The Morgan fingerprint density at radius 3 is 2.50 bits per heavy atom. The van der Waals surface area contributed by atoms with Crippen LogP contribution in [0.5, 0.6) is 0 Å². The third-order valence-corrected chi connectivity index (χ3v) is 11.3. The molecule has 0 unspecified atom stereocenters. The van der Waals surface area contributed by atoms with Crippen molar-refractivity contribution in [2.24, 2.45) is 52.3 Å². The zero-order valence-corrected chi connectivity index (χ0v) is 22.1. The standard InChI is InChI=1S/C30H50O2/c1-19(2)20(3)8-9-21(4)26-12-13-27-25-11-10-23-18-24(32-22(5)31)14-16-29(23,6)28(25)15-17-30(26,27)7/h15,19-21,23-27H,8-14,16-18H2,1-7H3/t20-,21+,23-,24+,25+,26-,27+,29-,30+/m0/s1. The number of esters is 1. The number of carbonyl (C=O) groups excluding carboxylic acids is 1. The fourth-order valence-corrected chi connectivity index (χ4v) is 8.86. The molecular weight excluding hydrogens is 392 g/mol. The van der Waals surface area contributed by atoms with E-state index in [1.165, 1.54) is 51.4 Å². The van der Waals surface area contributed by atoms with E-state index in [4.69, 9.17) is 4.74 Å². The van der Waals surface area contributed by atoms with Crippen LogP contribution in [0.3, 0.4) is 0 Å². The molecule has 0 bridgehead atoms. The fraction of sp³-hybridized carbons (Fsp3) is 0.900. The number of ether oxygens (including phenoxy) is 1. The predicted molar refractivity (Wildman–Crippen MR) is 133 cm³/mol. The van der Waals surface area contributed by atoms with E-state index in [-0.39, 0.29) is 12.1 Å². The molecule has 0 saturated heterocycles. The first-order valence-corrected chi connectivity index (χ1v) is 13.9. The van der Waals surface area contributed by atoms with Crippen molar-refractivity contribution in [3.05, 3.63) is 11.6 Å². The minimum atomic E-state index is -0.103.